The molecule has 1 N–H and O–H groups in total. The molecule has 3 aromatic rings. The number of rotatable bonds is 2. The topological polar surface area (TPSA) is 46.9 Å². The molecule has 1 aliphatic heterocycles. The van der Waals surface area contributed by atoms with Crippen molar-refractivity contribution >= 4 is 11.7 Å². The van der Waals surface area contributed by atoms with E-state index < -0.39 is 17.6 Å². The van der Waals surface area contributed by atoms with Crippen LogP contribution in [0.1, 0.15) is 23.6 Å². The molecule has 0 spiro atoms. The monoisotopic (exact) mass is 325 g/mol. The van der Waals surface area contributed by atoms with Crippen LogP contribution in [0.2, 0.25) is 0 Å². The number of fused-ring (bicyclic) bond motifs is 1. The summed E-state index contributed by atoms with van der Waals surface area (Å²) in [7, 11) is 0. The van der Waals surface area contributed by atoms with E-state index in [9.17, 15) is 13.6 Å². The van der Waals surface area contributed by atoms with Crippen LogP contribution in [0.4, 0.5) is 14.6 Å². The largest absolute Gasteiger partial charge is 0.310 e. The van der Waals surface area contributed by atoms with E-state index in [1.165, 1.54) is 12.1 Å². The minimum atomic E-state index is -0.933. The maximum atomic E-state index is 14.2. The van der Waals surface area contributed by atoms with E-state index in [0.717, 1.165) is 11.8 Å². The average molecular weight is 325 g/mol. The fraction of sp³-hybridized carbons (Fsp3) is 0.111. The molecule has 0 radical (unpaired) electrons. The smallest absolute Gasteiger partial charge is 0.226 e. The lowest BCUT2D eigenvalue weighted by atomic mass is 9.89. The molecule has 4 nitrogen and oxygen atoms in total. The second-order valence-corrected chi connectivity index (χ2v) is 5.63. The number of amides is 1. The molecule has 6 heteroatoms. The van der Waals surface area contributed by atoms with Crippen molar-refractivity contribution in [3.8, 4) is 5.69 Å². The Balaban J connectivity index is 1.86. The molecule has 2 heterocycles. The minimum absolute atomic E-state index is 0.0270. The van der Waals surface area contributed by atoms with E-state index in [0.29, 0.717) is 11.5 Å². The molecule has 0 fully saturated rings. The van der Waals surface area contributed by atoms with Gasteiger partial charge in [0.15, 0.2) is 11.6 Å². The van der Waals surface area contributed by atoms with Crippen molar-refractivity contribution in [1.29, 1.82) is 0 Å². The molecule has 1 amide bonds. The number of hydrogen-bond donors (Lipinski definition) is 1. The Morgan fingerprint density at radius 1 is 1.08 bits per heavy atom. The molecule has 0 bridgehead atoms. The average Bonchev–Trinajstić information content (AvgIpc) is 3.01. The lowest BCUT2D eigenvalue weighted by molar-refractivity contribution is -0.116. The van der Waals surface area contributed by atoms with Gasteiger partial charge in [-0.1, -0.05) is 30.3 Å². The zero-order chi connectivity index (χ0) is 16.7. The van der Waals surface area contributed by atoms with Gasteiger partial charge in [0.25, 0.3) is 0 Å². The van der Waals surface area contributed by atoms with E-state index >= 15 is 0 Å². The molecule has 1 aromatic heterocycles. The van der Waals surface area contributed by atoms with Crippen LogP contribution in [0.15, 0.2) is 54.9 Å². The van der Waals surface area contributed by atoms with Gasteiger partial charge in [-0.05, 0) is 18.2 Å². The van der Waals surface area contributed by atoms with Crippen LogP contribution in [-0.2, 0) is 4.79 Å². The normalized spacial score (nSPS) is 16.6. The quantitative estimate of drug-likeness (QED) is 0.782. The number of hydrogen-bond acceptors (Lipinski definition) is 2. The lowest BCUT2D eigenvalue weighted by Crippen LogP contribution is -2.25. The summed E-state index contributed by atoms with van der Waals surface area (Å²) in [6.07, 6.45) is 1.61. The number of nitrogens with zero attached hydrogens (tertiary/aromatic N) is 2. The molecule has 24 heavy (non-hydrogen) atoms. The second-order valence-electron chi connectivity index (χ2n) is 5.63. The van der Waals surface area contributed by atoms with Crippen molar-refractivity contribution in [2.45, 2.75) is 12.3 Å². The molecular formula is C18H13F2N3O. The molecule has 1 unspecified atom stereocenters. The number of benzene rings is 2. The number of anilines is 1. The van der Waals surface area contributed by atoms with Gasteiger partial charge in [-0.15, -0.1) is 0 Å². The van der Waals surface area contributed by atoms with Crippen LogP contribution < -0.4 is 5.32 Å². The van der Waals surface area contributed by atoms with Gasteiger partial charge in [-0.25, -0.2) is 13.8 Å². The van der Waals surface area contributed by atoms with Gasteiger partial charge < -0.3 is 5.32 Å². The van der Waals surface area contributed by atoms with Gasteiger partial charge in [0, 0.05) is 23.6 Å². The highest BCUT2D eigenvalue weighted by atomic mass is 19.2. The molecule has 4 rings (SSSR count). The van der Waals surface area contributed by atoms with Crippen LogP contribution >= 0.6 is 0 Å². The number of carbonyl (C=O) groups is 1. The van der Waals surface area contributed by atoms with E-state index in [1.807, 2.05) is 30.3 Å². The first-order valence-corrected chi connectivity index (χ1v) is 7.51. The Bertz CT molecular complexity index is 921. The highest BCUT2D eigenvalue weighted by Gasteiger charge is 2.33. The summed E-state index contributed by atoms with van der Waals surface area (Å²) in [5.74, 6) is -2.24. The Morgan fingerprint density at radius 2 is 1.88 bits per heavy atom. The predicted molar refractivity (Wildman–Crippen MR) is 85.0 cm³/mol. The predicted octanol–water partition coefficient (Wildman–Crippen LogP) is 3.62. The number of para-hydroxylation sites is 1. The van der Waals surface area contributed by atoms with Crippen LogP contribution in [0.3, 0.4) is 0 Å². The zero-order valence-electron chi connectivity index (χ0n) is 12.5. The van der Waals surface area contributed by atoms with E-state index in [1.54, 1.807) is 10.9 Å². The third-order valence-electron chi connectivity index (χ3n) is 4.16. The van der Waals surface area contributed by atoms with Crippen molar-refractivity contribution in [2.24, 2.45) is 0 Å². The number of carbonyl (C=O) groups excluding carboxylic acids is 1. The first kappa shape index (κ1) is 14.6. The summed E-state index contributed by atoms with van der Waals surface area (Å²) in [6.45, 7) is 0. The standard InChI is InChI=1S/C18H13F2N3O/c19-14-8-4-7-12(16(14)20)13-9-15(24)22-18-17(13)21-10-23(18)11-5-2-1-3-6-11/h1-8,10,13H,9H2,(H,22,24). The summed E-state index contributed by atoms with van der Waals surface area (Å²) in [5, 5.41) is 2.79. The van der Waals surface area contributed by atoms with Gasteiger partial charge >= 0.3 is 0 Å². The highest BCUT2D eigenvalue weighted by molar-refractivity contribution is 5.94. The fourth-order valence-corrected chi connectivity index (χ4v) is 3.04. The maximum absolute atomic E-state index is 14.2. The first-order chi connectivity index (χ1) is 11.6. The Morgan fingerprint density at radius 3 is 2.67 bits per heavy atom. The Hall–Kier alpha value is -3.02. The maximum Gasteiger partial charge on any atom is 0.226 e. The van der Waals surface area contributed by atoms with Crippen molar-refractivity contribution in [1.82, 2.24) is 9.55 Å². The van der Waals surface area contributed by atoms with E-state index in [2.05, 4.69) is 10.3 Å². The van der Waals surface area contributed by atoms with Crippen molar-refractivity contribution < 1.29 is 13.6 Å². The van der Waals surface area contributed by atoms with Crippen molar-refractivity contribution in [3.63, 3.8) is 0 Å². The Kier molecular flexibility index (Phi) is 3.37. The highest BCUT2D eigenvalue weighted by Crippen LogP contribution is 2.38. The van der Waals surface area contributed by atoms with E-state index in [-0.39, 0.29) is 17.9 Å². The fourth-order valence-electron chi connectivity index (χ4n) is 3.04. The van der Waals surface area contributed by atoms with Gasteiger partial charge in [0.2, 0.25) is 5.91 Å². The summed E-state index contributed by atoms with van der Waals surface area (Å²) < 4.78 is 29.5. The van der Waals surface area contributed by atoms with Crippen LogP contribution in [-0.4, -0.2) is 15.5 Å². The summed E-state index contributed by atoms with van der Waals surface area (Å²) >= 11 is 0. The van der Waals surface area contributed by atoms with Gasteiger partial charge in [0.1, 0.15) is 12.1 Å². The Labute approximate surface area is 136 Å². The molecule has 1 aliphatic rings. The van der Waals surface area contributed by atoms with Crippen molar-refractivity contribution in [2.75, 3.05) is 5.32 Å². The van der Waals surface area contributed by atoms with E-state index in [4.69, 9.17) is 0 Å². The number of nitrogens with one attached hydrogen (secondary N) is 1. The van der Waals surface area contributed by atoms with Crippen LogP contribution in [0.25, 0.3) is 5.69 Å². The molecule has 120 valence electrons. The zero-order valence-corrected chi connectivity index (χ0v) is 12.5. The molecule has 1 atom stereocenters. The van der Waals surface area contributed by atoms with Crippen LogP contribution in [0, 0.1) is 11.6 Å². The summed E-state index contributed by atoms with van der Waals surface area (Å²) in [6, 6.07) is 13.4. The van der Waals surface area contributed by atoms with Crippen LogP contribution in [0.5, 0.6) is 0 Å². The number of aromatic nitrogens is 2. The van der Waals surface area contributed by atoms with Gasteiger partial charge in [-0.3, -0.25) is 9.36 Å². The summed E-state index contributed by atoms with van der Waals surface area (Å²) in [4.78, 5) is 16.5. The summed E-state index contributed by atoms with van der Waals surface area (Å²) in [5.41, 5.74) is 1.50. The third-order valence-corrected chi connectivity index (χ3v) is 4.16. The molecule has 2 aromatic carbocycles. The lowest BCUT2D eigenvalue weighted by Gasteiger charge is -2.23. The molecule has 0 saturated carbocycles. The SMILES string of the molecule is O=C1CC(c2cccc(F)c2F)c2ncn(-c3ccccc3)c2N1. The number of imidazole rings is 1. The minimum Gasteiger partial charge on any atom is -0.310 e. The molecular weight excluding hydrogens is 312 g/mol. The molecule has 0 saturated heterocycles. The third kappa shape index (κ3) is 2.27. The molecule has 0 aliphatic carbocycles. The van der Waals surface area contributed by atoms with Gasteiger partial charge in [0.05, 0.1) is 5.69 Å². The number of halogens is 2. The van der Waals surface area contributed by atoms with Crippen molar-refractivity contribution in [3.05, 3.63) is 77.8 Å². The first-order valence-electron chi connectivity index (χ1n) is 7.51. The van der Waals surface area contributed by atoms with Gasteiger partial charge in [-0.2, -0.15) is 0 Å². The second kappa shape index (κ2) is 5.56.